The first-order chi connectivity index (χ1) is 18.2. The SMILES string of the molecule is Nc1ccc2c(c1)CCCC(c1cnc3[nH]ccc3c1)=C2c1ccc(OC2CCN(CCCF)C2)cc1. The maximum atomic E-state index is 12.5. The molecule has 1 fully saturated rings. The highest BCUT2D eigenvalue weighted by Gasteiger charge is 2.24. The molecule has 6 heteroatoms. The van der Waals surface area contributed by atoms with Crippen LogP contribution in [-0.2, 0) is 6.42 Å². The number of pyridine rings is 1. The topological polar surface area (TPSA) is 67.2 Å². The third-order valence-corrected chi connectivity index (χ3v) is 7.60. The minimum Gasteiger partial charge on any atom is -0.489 e. The maximum absolute atomic E-state index is 12.5. The van der Waals surface area contributed by atoms with Gasteiger partial charge in [0, 0.05) is 43.1 Å². The summed E-state index contributed by atoms with van der Waals surface area (Å²) in [5.74, 6) is 0.879. The van der Waals surface area contributed by atoms with Crippen LogP contribution in [-0.4, -0.2) is 47.3 Å². The molecular weight excluding hydrogens is 463 g/mol. The van der Waals surface area contributed by atoms with E-state index in [1.165, 1.54) is 27.8 Å². The minimum absolute atomic E-state index is 0.154. The molecule has 2 aromatic heterocycles. The number of alkyl halides is 1. The molecule has 190 valence electrons. The molecule has 1 aliphatic heterocycles. The molecule has 3 heterocycles. The lowest BCUT2D eigenvalue weighted by Crippen LogP contribution is -2.26. The number of nitrogen functional groups attached to an aromatic ring is 1. The maximum Gasteiger partial charge on any atom is 0.137 e. The van der Waals surface area contributed by atoms with Crippen LogP contribution < -0.4 is 10.5 Å². The number of nitrogens with one attached hydrogen (secondary N) is 1. The van der Waals surface area contributed by atoms with Crippen molar-refractivity contribution in [2.45, 2.75) is 38.2 Å². The van der Waals surface area contributed by atoms with Crippen molar-refractivity contribution in [1.82, 2.24) is 14.9 Å². The standard InChI is InChI=1S/C31H33FN4O/c32-13-2-15-36-16-12-27(20-36)37-26-8-5-21(6-9-26)30-28(24-17-23-11-14-34-31(23)35-19-24)4-1-3-22-18-25(33)7-10-29(22)30/h5-11,14,17-19,27H,1-4,12-13,15-16,20,33H2,(H,34,35). The summed E-state index contributed by atoms with van der Waals surface area (Å²) in [6.45, 7) is 2.38. The van der Waals surface area contributed by atoms with Crippen LogP contribution in [0.15, 0.2) is 67.0 Å². The van der Waals surface area contributed by atoms with E-state index in [1.807, 2.05) is 18.5 Å². The number of likely N-dealkylation sites (tertiary alicyclic amines) is 1. The van der Waals surface area contributed by atoms with Gasteiger partial charge < -0.3 is 15.5 Å². The summed E-state index contributed by atoms with van der Waals surface area (Å²) >= 11 is 0. The highest BCUT2D eigenvalue weighted by atomic mass is 19.1. The van der Waals surface area contributed by atoms with Crippen molar-refractivity contribution in [1.29, 1.82) is 0 Å². The van der Waals surface area contributed by atoms with Gasteiger partial charge in [0.1, 0.15) is 17.5 Å². The van der Waals surface area contributed by atoms with E-state index in [-0.39, 0.29) is 12.8 Å². The second-order valence-electron chi connectivity index (χ2n) is 10.2. The molecule has 1 aliphatic carbocycles. The van der Waals surface area contributed by atoms with Crippen LogP contribution in [0.4, 0.5) is 10.1 Å². The zero-order valence-electron chi connectivity index (χ0n) is 21.1. The van der Waals surface area contributed by atoms with E-state index in [4.69, 9.17) is 10.5 Å². The second-order valence-corrected chi connectivity index (χ2v) is 10.2. The third kappa shape index (κ3) is 4.98. The van der Waals surface area contributed by atoms with Crippen LogP contribution in [0, 0.1) is 0 Å². The van der Waals surface area contributed by atoms with Gasteiger partial charge in [-0.25, -0.2) is 4.98 Å². The Hall–Kier alpha value is -3.64. The molecule has 4 aromatic rings. The zero-order valence-corrected chi connectivity index (χ0v) is 21.1. The number of hydrogen-bond acceptors (Lipinski definition) is 4. The number of nitrogens with two attached hydrogens (primary N) is 1. The number of fused-ring (bicyclic) bond motifs is 2. The van der Waals surface area contributed by atoms with Crippen molar-refractivity contribution in [3.63, 3.8) is 0 Å². The first kappa shape index (κ1) is 23.7. The fraction of sp³-hybridized carbons (Fsp3) is 0.323. The summed E-state index contributed by atoms with van der Waals surface area (Å²) in [4.78, 5) is 10.2. The third-order valence-electron chi connectivity index (χ3n) is 7.60. The van der Waals surface area contributed by atoms with Crippen molar-refractivity contribution < 1.29 is 9.13 Å². The molecule has 0 saturated carbocycles. The number of aromatic amines is 1. The molecule has 1 atom stereocenters. The van der Waals surface area contributed by atoms with Crippen LogP contribution in [0.3, 0.4) is 0 Å². The molecule has 5 nitrogen and oxygen atoms in total. The summed E-state index contributed by atoms with van der Waals surface area (Å²) < 4.78 is 18.8. The number of hydrogen-bond donors (Lipinski definition) is 2. The Morgan fingerprint density at radius 3 is 2.81 bits per heavy atom. The predicted molar refractivity (Wildman–Crippen MR) is 148 cm³/mol. The quantitative estimate of drug-likeness (QED) is 0.297. The van der Waals surface area contributed by atoms with Crippen LogP contribution in [0.5, 0.6) is 5.75 Å². The van der Waals surface area contributed by atoms with Crippen molar-refractivity contribution in [2.75, 3.05) is 32.0 Å². The van der Waals surface area contributed by atoms with Gasteiger partial charge in [-0.15, -0.1) is 0 Å². The van der Waals surface area contributed by atoms with Gasteiger partial charge in [0.25, 0.3) is 0 Å². The first-order valence-electron chi connectivity index (χ1n) is 13.3. The molecule has 3 N–H and O–H groups in total. The monoisotopic (exact) mass is 496 g/mol. The van der Waals surface area contributed by atoms with Crippen molar-refractivity contribution >= 4 is 27.9 Å². The fourth-order valence-electron chi connectivity index (χ4n) is 5.80. The molecule has 0 amide bonds. The summed E-state index contributed by atoms with van der Waals surface area (Å²) in [5.41, 5.74) is 15.3. The zero-order chi connectivity index (χ0) is 25.2. The highest BCUT2D eigenvalue weighted by molar-refractivity contribution is 6.01. The molecule has 0 bridgehead atoms. The van der Waals surface area contributed by atoms with Crippen molar-refractivity contribution in [3.8, 4) is 5.75 Å². The molecule has 1 saturated heterocycles. The summed E-state index contributed by atoms with van der Waals surface area (Å²) in [6, 6.07) is 19.1. The number of halogens is 1. The number of benzene rings is 2. The highest BCUT2D eigenvalue weighted by Crippen LogP contribution is 2.41. The summed E-state index contributed by atoms with van der Waals surface area (Å²) in [5, 5.41) is 1.12. The Balaban J connectivity index is 1.35. The summed E-state index contributed by atoms with van der Waals surface area (Å²) in [7, 11) is 0. The number of ether oxygens (including phenoxy) is 1. The van der Waals surface area contributed by atoms with Crippen LogP contribution >= 0.6 is 0 Å². The molecule has 2 aromatic carbocycles. The van der Waals surface area contributed by atoms with E-state index in [9.17, 15) is 4.39 Å². The lowest BCUT2D eigenvalue weighted by atomic mass is 9.88. The van der Waals surface area contributed by atoms with Gasteiger partial charge in [0.2, 0.25) is 0 Å². The van der Waals surface area contributed by atoms with E-state index >= 15 is 0 Å². The average molecular weight is 497 g/mol. The molecule has 6 rings (SSSR count). The number of aryl methyl sites for hydroxylation is 1. The Kier molecular flexibility index (Phi) is 6.66. The number of rotatable bonds is 7. The summed E-state index contributed by atoms with van der Waals surface area (Å²) in [6.07, 6.45) is 8.67. The molecule has 0 spiro atoms. The average Bonchev–Trinajstić information content (AvgIpc) is 3.53. The van der Waals surface area contributed by atoms with Gasteiger partial charge in [0.05, 0.1) is 6.67 Å². The Morgan fingerprint density at radius 2 is 1.95 bits per heavy atom. The normalized spacial score (nSPS) is 18.2. The van der Waals surface area contributed by atoms with Gasteiger partial charge >= 0.3 is 0 Å². The lowest BCUT2D eigenvalue weighted by Gasteiger charge is -2.18. The minimum atomic E-state index is -0.258. The molecule has 37 heavy (non-hydrogen) atoms. The number of nitrogens with zero attached hydrogens (tertiary/aromatic N) is 2. The first-order valence-corrected chi connectivity index (χ1v) is 13.3. The lowest BCUT2D eigenvalue weighted by molar-refractivity contribution is 0.198. The van der Waals surface area contributed by atoms with Crippen LogP contribution in [0.25, 0.3) is 22.2 Å². The second kappa shape index (κ2) is 10.4. The fourth-order valence-corrected chi connectivity index (χ4v) is 5.80. The van der Waals surface area contributed by atoms with Crippen molar-refractivity contribution in [2.24, 2.45) is 0 Å². The van der Waals surface area contributed by atoms with Gasteiger partial charge in [-0.05, 0) is 102 Å². The Labute approximate surface area is 217 Å². The molecule has 2 aliphatic rings. The van der Waals surface area contributed by atoms with Crippen LogP contribution in [0.2, 0.25) is 0 Å². The smallest absolute Gasteiger partial charge is 0.137 e. The number of allylic oxidation sites excluding steroid dienone is 1. The number of anilines is 1. The van der Waals surface area contributed by atoms with E-state index in [0.29, 0.717) is 6.42 Å². The number of aromatic nitrogens is 2. The molecular formula is C31H33FN4O. The van der Waals surface area contributed by atoms with Crippen LogP contribution in [0.1, 0.15) is 47.9 Å². The van der Waals surface area contributed by atoms with Crippen molar-refractivity contribution in [3.05, 3.63) is 89.2 Å². The van der Waals surface area contributed by atoms with Gasteiger partial charge in [-0.2, -0.15) is 0 Å². The van der Waals surface area contributed by atoms with Gasteiger partial charge in [-0.3, -0.25) is 9.29 Å². The van der Waals surface area contributed by atoms with E-state index in [0.717, 1.165) is 73.4 Å². The largest absolute Gasteiger partial charge is 0.489 e. The number of H-pyrrole nitrogens is 1. The molecule has 0 radical (unpaired) electrons. The van der Waals surface area contributed by atoms with Gasteiger partial charge in [0.15, 0.2) is 0 Å². The van der Waals surface area contributed by atoms with E-state index in [1.54, 1.807) is 0 Å². The predicted octanol–water partition coefficient (Wildman–Crippen LogP) is 6.25. The van der Waals surface area contributed by atoms with E-state index < -0.39 is 0 Å². The molecule has 1 unspecified atom stereocenters. The van der Waals surface area contributed by atoms with Gasteiger partial charge in [-0.1, -0.05) is 18.2 Å². The Morgan fingerprint density at radius 1 is 1.05 bits per heavy atom. The Bertz CT molecular complexity index is 1420. The van der Waals surface area contributed by atoms with E-state index in [2.05, 4.69) is 63.4 Å².